The van der Waals surface area contributed by atoms with Crippen LogP contribution in [0.15, 0.2) is 30.3 Å². The molecule has 1 aromatic carbocycles. The molecule has 3 fully saturated rings. The van der Waals surface area contributed by atoms with Crippen molar-refractivity contribution in [3.8, 4) is 0 Å². The maximum Gasteiger partial charge on any atom is 0.229 e. The Morgan fingerprint density at radius 2 is 2.00 bits per heavy atom. The van der Waals surface area contributed by atoms with Gasteiger partial charge in [-0.1, -0.05) is 30.3 Å². The van der Waals surface area contributed by atoms with Crippen LogP contribution in [0.5, 0.6) is 0 Å². The molecule has 2 saturated carbocycles. The smallest absolute Gasteiger partial charge is 0.229 e. The van der Waals surface area contributed by atoms with Gasteiger partial charge in [-0.2, -0.15) is 11.8 Å². The fourth-order valence-electron chi connectivity index (χ4n) is 3.42. The van der Waals surface area contributed by atoms with Gasteiger partial charge < -0.3 is 10.0 Å². The van der Waals surface area contributed by atoms with Crippen molar-refractivity contribution in [1.29, 1.82) is 0 Å². The van der Waals surface area contributed by atoms with Crippen molar-refractivity contribution in [1.82, 2.24) is 4.90 Å². The largest absolute Gasteiger partial charge is 0.394 e. The maximum absolute atomic E-state index is 12.9. The Labute approximate surface area is 123 Å². The molecule has 1 saturated heterocycles. The fourth-order valence-corrected chi connectivity index (χ4v) is 4.67. The Balaban J connectivity index is 1.66. The number of aliphatic hydroxyl groups is 1. The summed E-state index contributed by atoms with van der Waals surface area (Å²) in [6.07, 6.45) is 2.16. The molecule has 20 heavy (non-hydrogen) atoms. The van der Waals surface area contributed by atoms with Crippen LogP contribution in [-0.4, -0.2) is 40.1 Å². The Kier molecular flexibility index (Phi) is 2.86. The lowest BCUT2D eigenvalue weighted by molar-refractivity contribution is -0.140. The van der Waals surface area contributed by atoms with Crippen LogP contribution in [-0.2, 0) is 4.79 Å². The summed E-state index contributed by atoms with van der Waals surface area (Å²) in [5.41, 5.74) is 1.18. The lowest BCUT2D eigenvalue weighted by atomic mass is 10.0. The molecule has 2 unspecified atom stereocenters. The number of fused-ring (bicyclic) bond motifs is 1. The first-order valence-electron chi connectivity index (χ1n) is 7.32. The Morgan fingerprint density at radius 3 is 2.60 bits per heavy atom. The zero-order chi connectivity index (χ0) is 13.7. The Bertz CT molecular complexity index is 527. The first-order chi connectivity index (χ1) is 9.76. The number of hydrogen-bond acceptors (Lipinski definition) is 3. The number of amides is 1. The van der Waals surface area contributed by atoms with E-state index in [2.05, 4.69) is 12.1 Å². The summed E-state index contributed by atoms with van der Waals surface area (Å²) in [7, 11) is 0. The molecule has 3 nitrogen and oxygen atoms in total. The van der Waals surface area contributed by atoms with Crippen LogP contribution < -0.4 is 0 Å². The summed E-state index contributed by atoms with van der Waals surface area (Å²) in [6.45, 7) is 0.0722. The minimum Gasteiger partial charge on any atom is -0.394 e. The van der Waals surface area contributed by atoms with Gasteiger partial charge in [0.15, 0.2) is 0 Å². The van der Waals surface area contributed by atoms with Gasteiger partial charge in [0.2, 0.25) is 5.91 Å². The van der Waals surface area contributed by atoms with E-state index in [1.54, 1.807) is 0 Å². The monoisotopic (exact) mass is 289 g/mol. The summed E-state index contributed by atoms with van der Waals surface area (Å²) < 4.78 is 0. The second-order valence-corrected chi connectivity index (χ2v) is 7.35. The van der Waals surface area contributed by atoms with Crippen LogP contribution in [0, 0.1) is 11.3 Å². The summed E-state index contributed by atoms with van der Waals surface area (Å²) in [5, 5.41) is 9.67. The zero-order valence-electron chi connectivity index (χ0n) is 11.4. The van der Waals surface area contributed by atoms with Gasteiger partial charge in [-0.05, 0) is 24.3 Å². The molecular weight excluding hydrogens is 270 g/mol. The average molecular weight is 289 g/mol. The molecule has 0 radical (unpaired) electrons. The number of hydrogen-bond donors (Lipinski definition) is 1. The molecule has 3 aliphatic rings. The van der Waals surface area contributed by atoms with Crippen LogP contribution in [0.3, 0.4) is 0 Å². The molecule has 1 amide bonds. The Morgan fingerprint density at radius 1 is 1.30 bits per heavy atom. The number of rotatable bonds is 3. The third kappa shape index (κ3) is 1.81. The maximum atomic E-state index is 12.9. The van der Waals surface area contributed by atoms with Gasteiger partial charge in [0.05, 0.1) is 24.1 Å². The number of carbonyl (C=O) groups is 1. The van der Waals surface area contributed by atoms with Gasteiger partial charge in [-0.25, -0.2) is 0 Å². The molecule has 0 spiro atoms. The third-order valence-electron chi connectivity index (χ3n) is 5.05. The summed E-state index contributed by atoms with van der Waals surface area (Å²) in [4.78, 5) is 14.9. The molecule has 0 bridgehead atoms. The predicted molar refractivity (Wildman–Crippen MR) is 79.4 cm³/mol. The van der Waals surface area contributed by atoms with Crippen molar-refractivity contribution in [2.75, 3.05) is 18.1 Å². The van der Waals surface area contributed by atoms with Gasteiger partial charge in [-0.15, -0.1) is 0 Å². The highest BCUT2D eigenvalue weighted by atomic mass is 32.2. The van der Waals surface area contributed by atoms with Gasteiger partial charge in [-0.3, -0.25) is 4.79 Å². The first kappa shape index (κ1) is 12.7. The summed E-state index contributed by atoms with van der Waals surface area (Å²) >= 11 is 1.84. The second-order valence-electron chi connectivity index (χ2n) is 6.27. The van der Waals surface area contributed by atoms with Crippen molar-refractivity contribution in [3.05, 3.63) is 35.9 Å². The number of benzene rings is 1. The summed E-state index contributed by atoms with van der Waals surface area (Å²) in [5.74, 6) is 2.75. The molecule has 106 valence electrons. The number of nitrogens with zero attached hydrogens (tertiary/aromatic N) is 1. The van der Waals surface area contributed by atoms with E-state index in [0.717, 1.165) is 24.3 Å². The molecule has 4 heteroatoms. The highest BCUT2D eigenvalue weighted by molar-refractivity contribution is 7.99. The fraction of sp³-hybridized carbons (Fsp3) is 0.562. The molecule has 0 aromatic heterocycles. The van der Waals surface area contributed by atoms with Gasteiger partial charge >= 0.3 is 0 Å². The van der Waals surface area contributed by atoms with E-state index in [0.29, 0.717) is 11.8 Å². The summed E-state index contributed by atoms with van der Waals surface area (Å²) in [6, 6.07) is 10.4. The molecular formula is C16H19NO2S. The molecule has 2 aliphatic carbocycles. The lowest BCUT2D eigenvalue weighted by Gasteiger charge is -2.42. The van der Waals surface area contributed by atoms with E-state index in [-0.39, 0.29) is 24.1 Å². The van der Waals surface area contributed by atoms with Gasteiger partial charge in [0.1, 0.15) is 0 Å². The van der Waals surface area contributed by atoms with Crippen molar-refractivity contribution < 1.29 is 9.90 Å². The first-order valence-corrected chi connectivity index (χ1v) is 8.48. The molecule has 1 aromatic rings. The van der Waals surface area contributed by atoms with E-state index in [4.69, 9.17) is 0 Å². The van der Waals surface area contributed by atoms with Gasteiger partial charge in [0.25, 0.3) is 0 Å². The van der Waals surface area contributed by atoms with Crippen LogP contribution in [0.2, 0.25) is 0 Å². The topological polar surface area (TPSA) is 40.5 Å². The minimum atomic E-state index is -0.0253. The predicted octanol–water partition coefficient (Wildman–Crippen LogP) is 2.07. The molecule has 4 rings (SSSR count). The molecule has 2 atom stereocenters. The van der Waals surface area contributed by atoms with E-state index in [1.807, 2.05) is 34.9 Å². The van der Waals surface area contributed by atoms with E-state index in [9.17, 15) is 9.90 Å². The number of aliphatic hydroxyl groups excluding tert-OH is 1. The standard InChI is InChI=1S/C16H19NO2S/c18-8-13-9-20-10-14(11-4-2-1-3-5-11)17(13)15(19)16-6-12(16)7-16/h1-5,12-14,18H,6-10H2. The second kappa shape index (κ2) is 4.50. The van der Waals surface area contributed by atoms with Gasteiger partial charge in [0, 0.05) is 11.5 Å². The molecule has 1 N–H and O–H groups in total. The SMILES string of the molecule is O=C(N1C(CO)CSCC1c1ccccc1)C12CC1C2. The minimum absolute atomic E-state index is 0.0115. The lowest BCUT2D eigenvalue weighted by Crippen LogP contribution is -2.51. The van der Waals surface area contributed by atoms with E-state index >= 15 is 0 Å². The van der Waals surface area contributed by atoms with Crippen LogP contribution in [0.4, 0.5) is 0 Å². The van der Waals surface area contributed by atoms with Crippen molar-refractivity contribution in [2.45, 2.75) is 24.9 Å². The quantitative estimate of drug-likeness (QED) is 0.926. The van der Waals surface area contributed by atoms with Crippen LogP contribution in [0.25, 0.3) is 0 Å². The highest BCUT2D eigenvalue weighted by Crippen LogP contribution is 2.76. The van der Waals surface area contributed by atoms with E-state index < -0.39 is 0 Å². The normalized spacial score (nSPS) is 38.2. The average Bonchev–Trinajstić information content (AvgIpc) is 3.36. The number of thioether (sulfide) groups is 1. The Hall–Kier alpha value is -1.00. The molecule has 1 heterocycles. The van der Waals surface area contributed by atoms with E-state index in [1.165, 1.54) is 5.56 Å². The highest BCUT2D eigenvalue weighted by Gasteiger charge is 2.75. The van der Waals surface area contributed by atoms with Crippen molar-refractivity contribution in [2.24, 2.45) is 11.3 Å². The third-order valence-corrected chi connectivity index (χ3v) is 6.23. The van der Waals surface area contributed by atoms with Crippen LogP contribution >= 0.6 is 11.8 Å². The van der Waals surface area contributed by atoms with Crippen molar-refractivity contribution >= 4 is 17.7 Å². The van der Waals surface area contributed by atoms with Crippen molar-refractivity contribution in [3.63, 3.8) is 0 Å². The van der Waals surface area contributed by atoms with Crippen LogP contribution in [0.1, 0.15) is 24.4 Å². The zero-order valence-corrected chi connectivity index (χ0v) is 12.2. The number of carbonyl (C=O) groups excluding carboxylic acids is 1. The molecule has 1 aliphatic heterocycles.